The number of likely N-dealkylation sites (N-methyl/N-ethyl adjacent to an activating group) is 1. The molecule has 1 aliphatic carbocycles. The Morgan fingerprint density at radius 2 is 2.18 bits per heavy atom. The smallest absolute Gasteiger partial charge is 0.250 e. The highest BCUT2D eigenvalue weighted by Crippen LogP contribution is 2.31. The zero-order valence-corrected chi connectivity index (χ0v) is 11.7. The molecule has 96 valence electrons. The summed E-state index contributed by atoms with van der Waals surface area (Å²) in [5.41, 5.74) is 0. The molecule has 1 aromatic rings. The molecule has 0 bridgehead atoms. The number of thiophene rings is 1. The molecule has 0 spiro atoms. The highest BCUT2D eigenvalue weighted by molar-refractivity contribution is 7.91. The van der Waals surface area contributed by atoms with Crippen molar-refractivity contribution in [2.24, 2.45) is 5.92 Å². The second kappa shape index (κ2) is 5.06. The zero-order valence-electron chi connectivity index (χ0n) is 10.1. The molecule has 0 aromatic carbocycles. The van der Waals surface area contributed by atoms with Gasteiger partial charge in [-0.05, 0) is 44.5 Å². The minimum atomic E-state index is -3.29. The van der Waals surface area contributed by atoms with E-state index in [1.165, 1.54) is 11.3 Å². The van der Waals surface area contributed by atoms with Crippen LogP contribution >= 0.6 is 11.3 Å². The maximum atomic E-state index is 12.0. The summed E-state index contributed by atoms with van der Waals surface area (Å²) in [5, 5.41) is 3.05. The van der Waals surface area contributed by atoms with Gasteiger partial charge in [0.1, 0.15) is 4.21 Å². The predicted octanol–water partition coefficient (Wildman–Crippen LogP) is 1.20. The minimum absolute atomic E-state index is 0.142. The highest BCUT2D eigenvalue weighted by atomic mass is 32.2. The fraction of sp³-hybridized carbons (Fsp3) is 0.636. The quantitative estimate of drug-likeness (QED) is 0.819. The van der Waals surface area contributed by atoms with E-state index in [0.29, 0.717) is 10.1 Å². The molecule has 1 saturated carbocycles. The van der Waals surface area contributed by atoms with Crippen molar-refractivity contribution >= 4 is 21.4 Å². The average Bonchev–Trinajstić information content (AvgIpc) is 2.81. The Kier molecular flexibility index (Phi) is 3.87. The fourth-order valence-electron chi connectivity index (χ4n) is 1.63. The molecule has 2 unspecified atom stereocenters. The van der Waals surface area contributed by atoms with Crippen LogP contribution in [-0.2, 0) is 16.4 Å². The fourth-order valence-corrected chi connectivity index (χ4v) is 4.36. The molecule has 0 amide bonds. The molecular weight excluding hydrogens is 256 g/mol. The Hall–Kier alpha value is -0.430. The molecule has 0 aliphatic heterocycles. The molecule has 0 radical (unpaired) electrons. The molecule has 17 heavy (non-hydrogen) atoms. The van der Waals surface area contributed by atoms with Gasteiger partial charge in [0, 0.05) is 10.9 Å². The van der Waals surface area contributed by atoms with Crippen molar-refractivity contribution in [2.75, 3.05) is 13.6 Å². The van der Waals surface area contributed by atoms with Crippen molar-refractivity contribution in [3.8, 4) is 0 Å². The summed E-state index contributed by atoms with van der Waals surface area (Å²) in [6, 6.07) is 3.74. The molecule has 1 aromatic heterocycles. The summed E-state index contributed by atoms with van der Waals surface area (Å²) in [6.07, 6.45) is 1.83. The lowest BCUT2D eigenvalue weighted by Gasteiger charge is -2.02. The maximum Gasteiger partial charge on any atom is 0.250 e. The first-order chi connectivity index (χ1) is 8.03. The van der Waals surface area contributed by atoms with E-state index in [1.54, 1.807) is 6.07 Å². The molecule has 4 nitrogen and oxygen atoms in total. The monoisotopic (exact) mass is 274 g/mol. The van der Waals surface area contributed by atoms with Crippen molar-refractivity contribution in [1.29, 1.82) is 0 Å². The molecule has 0 saturated heterocycles. The van der Waals surface area contributed by atoms with Crippen molar-refractivity contribution in [3.63, 3.8) is 0 Å². The Bertz CT molecular complexity index is 481. The summed E-state index contributed by atoms with van der Waals surface area (Å²) in [7, 11) is -1.40. The van der Waals surface area contributed by atoms with Gasteiger partial charge < -0.3 is 5.32 Å². The van der Waals surface area contributed by atoms with E-state index in [2.05, 4.69) is 17.0 Å². The number of nitrogens with one attached hydrogen (secondary N) is 2. The van der Waals surface area contributed by atoms with Crippen LogP contribution in [0.3, 0.4) is 0 Å². The van der Waals surface area contributed by atoms with E-state index in [4.69, 9.17) is 0 Å². The second-order valence-corrected chi connectivity index (χ2v) is 7.62. The van der Waals surface area contributed by atoms with Crippen molar-refractivity contribution in [2.45, 2.75) is 30.0 Å². The molecule has 1 fully saturated rings. The van der Waals surface area contributed by atoms with Crippen molar-refractivity contribution in [3.05, 3.63) is 17.0 Å². The highest BCUT2D eigenvalue weighted by Gasteiger charge is 2.36. The van der Waals surface area contributed by atoms with E-state index < -0.39 is 10.0 Å². The lowest BCUT2D eigenvalue weighted by Crippen LogP contribution is -2.26. The Labute approximate surface area is 106 Å². The third-order valence-corrected chi connectivity index (χ3v) is 6.07. The second-order valence-electron chi connectivity index (χ2n) is 4.52. The van der Waals surface area contributed by atoms with Crippen LogP contribution in [0.2, 0.25) is 0 Å². The number of sulfonamides is 1. The lowest BCUT2D eigenvalue weighted by molar-refractivity contribution is 0.580. The predicted molar refractivity (Wildman–Crippen MR) is 69.8 cm³/mol. The molecule has 1 aliphatic rings. The zero-order chi connectivity index (χ0) is 12.5. The summed E-state index contributed by atoms with van der Waals surface area (Å²) in [5.74, 6) is 0.480. The normalized spacial score (nSPS) is 23.9. The van der Waals surface area contributed by atoms with Crippen LogP contribution in [0.5, 0.6) is 0 Å². The van der Waals surface area contributed by atoms with Crippen LogP contribution in [0, 0.1) is 5.92 Å². The van der Waals surface area contributed by atoms with Gasteiger partial charge >= 0.3 is 0 Å². The average molecular weight is 274 g/mol. The van der Waals surface area contributed by atoms with Gasteiger partial charge in [-0.25, -0.2) is 13.1 Å². The topological polar surface area (TPSA) is 58.2 Å². The Morgan fingerprint density at radius 1 is 1.47 bits per heavy atom. The molecule has 6 heteroatoms. The van der Waals surface area contributed by atoms with E-state index in [0.717, 1.165) is 24.3 Å². The number of hydrogen-bond acceptors (Lipinski definition) is 4. The molecular formula is C11H18N2O2S2. The largest absolute Gasteiger partial charge is 0.319 e. The molecule has 2 N–H and O–H groups in total. The van der Waals surface area contributed by atoms with Crippen LogP contribution in [0.1, 0.15) is 18.2 Å². The van der Waals surface area contributed by atoms with Gasteiger partial charge in [-0.1, -0.05) is 6.92 Å². The molecule has 2 atom stereocenters. The summed E-state index contributed by atoms with van der Waals surface area (Å²) < 4.78 is 27.2. The third-order valence-electron chi connectivity index (χ3n) is 2.94. The van der Waals surface area contributed by atoms with Gasteiger partial charge in [-0.15, -0.1) is 11.3 Å². The number of rotatable bonds is 6. The Morgan fingerprint density at radius 3 is 2.76 bits per heavy atom. The van der Waals surface area contributed by atoms with Crippen LogP contribution in [0.15, 0.2) is 16.3 Å². The Balaban J connectivity index is 2.02. The first-order valence-electron chi connectivity index (χ1n) is 5.78. The lowest BCUT2D eigenvalue weighted by atomic mass is 10.3. The maximum absolute atomic E-state index is 12.0. The first kappa shape index (κ1) is 13.0. The van der Waals surface area contributed by atoms with E-state index in [1.807, 2.05) is 13.1 Å². The van der Waals surface area contributed by atoms with E-state index in [-0.39, 0.29) is 6.04 Å². The van der Waals surface area contributed by atoms with Crippen LogP contribution in [-0.4, -0.2) is 28.1 Å². The minimum Gasteiger partial charge on any atom is -0.319 e. The standard InChI is InChI=1S/C11H18N2O2S2/c1-8-7-10(8)13-17(14,15)11-4-3-9(16-11)5-6-12-2/h3-4,8,10,12-13H,5-7H2,1-2H3. The van der Waals surface area contributed by atoms with Crippen LogP contribution in [0.4, 0.5) is 0 Å². The van der Waals surface area contributed by atoms with E-state index in [9.17, 15) is 8.42 Å². The van der Waals surface area contributed by atoms with Gasteiger partial charge in [0.2, 0.25) is 10.0 Å². The molecule has 2 rings (SSSR count). The van der Waals surface area contributed by atoms with Crippen LogP contribution in [0.25, 0.3) is 0 Å². The molecule has 1 heterocycles. The summed E-state index contributed by atoms with van der Waals surface area (Å²) >= 11 is 1.36. The van der Waals surface area contributed by atoms with Gasteiger partial charge in [0.05, 0.1) is 0 Å². The van der Waals surface area contributed by atoms with Gasteiger partial charge in [0.25, 0.3) is 0 Å². The SMILES string of the molecule is CNCCc1ccc(S(=O)(=O)NC2CC2C)s1. The van der Waals surface area contributed by atoms with Gasteiger partial charge in [-0.2, -0.15) is 0 Å². The van der Waals surface area contributed by atoms with Crippen molar-refractivity contribution < 1.29 is 8.42 Å². The van der Waals surface area contributed by atoms with Crippen molar-refractivity contribution in [1.82, 2.24) is 10.0 Å². The number of hydrogen-bond donors (Lipinski definition) is 2. The van der Waals surface area contributed by atoms with Crippen LogP contribution < -0.4 is 10.0 Å². The summed E-state index contributed by atoms with van der Waals surface area (Å²) in [6.45, 7) is 2.92. The first-order valence-corrected chi connectivity index (χ1v) is 8.08. The van der Waals surface area contributed by atoms with E-state index >= 15 is 0 Å². The summed E-state index contributed by atoms with van der Waals surface area (Å²) in [4.78, 5) is 1.10. The van der Waals surface area contributed by atoms with Gasteiger partial charge in [-0.3, -0.25) is 0 Å². The van der Waals surface area contributed by atoms with Gasteiger partial charge in [0.15, 0.2) is 0 Å². The third kappa shape index (κ3) is 3.28.